The van der Waals surface area contributed by atoms with Crippen molar-refractivity contribution in [2.45, 2.75) is 40.0 Å². The molecular formula is C11H19N3O. The minimum atomic E-state index is -0.222. The van der Waals surface area contributed by atoms with Crippen LogP contribution in [0.1, 0.15) is 39.4 Å². The molecule has 0 radical (unpaired) electrons. The van der Waals surface area contributed by atoms with Gasteiger partial charge >= 0.3 is 0 Å². The number of hydrogen-bond acceptors (Lipinski definition) is 3. The van der Waals surface area contributed by atoms with Crippen molar-refractivity contribution in [2.24, 2.45) is 12.5 Å². The van der Waals surface area contributed by atoms with Crippen LogP contribution >= 0.6 is 0 Å². The van der Waals surface area contributed by atoms with Gasteiger partial charge in [0.15, 0.2) is 0 Å². The van der Waals surface area contributed by atoms with Crippen molar-refractivity contribution in [3.8, 4) is 0 Å². The average Bonchev–Trinajstić information content (AvgIpc) is 2.50. The Morgan fingerprint density at radius 3 is 2.60 bits per heavy atom. The van der Waals surface area contributed by atoms with Gasteiger partial charge in [0.2, 0.25) is 0 Å². The van der Waals surface area contributed by atoms with Crippen LogP contribution in [0.4, 0.5) is 0 Å². The van der Waals surface area contributed by atoms with Crippen molar-refractivity contribution in [3.05, 3.63) is 12.2 Å². The molecule has 0 bridgehead atoms. The van der Waals surface area contributed by atoms with Gasteiger partial charge < -0.3 is 0 Å². The number of aryl methyl sites for hydroxylation is 2. The van der Waals surface area contributed by atoms with E-state index in [2.05, 4.69) is 10.1 Å². The van der Waals surface area contributed by atoms with Gasteiger partial charge in [-0.15, -0.1) is 0 Å². The highest BCUT2D eigenvalue weighted by Crippen LogP contribution is 2.18. The van der Waals surface area contributed by atoms with Crippen LogP contribution in [0.5, 0.6) is 0 Å². The van der Waals surface area contributed by atoms with E-state index in [1.54, 1.807) is 11.0 Å². The summed E-state index contributed by atoms with van der Waals surface area (Å²) in [5.41, 5.74) is -0.222. The Kier molecular flexibility index (Phi) is 3.61. The normalized spacial score (nSPS) is 11.7. The van der Waals surface area contributed by atoms with Gasteiger partial charge in [0.05, 0.1) is 0 Å². The summed E-state index contributed by atoms with van der Waals surface area (Å²) in [6, 6.07) is 0. The van der Waals surface area contributed by atoms with E-state index in [9.17, 15) is 4.79 Å². The van der Waals surface area contributed by atoms with Crippen molar-refractivity contribution >= 4 is 5.78 Å². The molecule has 1 rings (SSSR count). The first-order chi connectivity index (χ1) is 6.91. The van der Waals surface area contributed by atoms with Gasteiger partial charge in [-0.05, 0) is 6.42 Å². The minimum absolute atomic E-state index is 0.222. The van der Waals surface area contributed by atoms with Gasteiger partial charge in [0.1, 0.15) is 17.9 Å². The second-order valence-corrected chi connectivity index (χ2v) is 4.83. The van der Waals surface area contributed by atoms with E-state index < -0.39 is 0 Å². The fourth-order valence-corrected chi connectivity index (χ4v) is 1.33. The third-order valence-corrected chi connectivity index (χ3v) is 2.45. The number of carbonyl (C=O) groups excluding carboxylic acids is 1. The van der Waals surface area contributed by atoms with Gasteiger partial charge in [0, 0.05) is 25.3 Å². The molecule has 4 heteroatoms. The number of Topliss-reactive ketones (excluding diaryl/α,β-unsaturated/α-hetero) is 1. The minimum Gasteiger partial charge on any atom is -0.299 e. The molecule has 1 aromatic rings. The Morgan fingerprint density at radius 2 is 2.13 bits per heavy atom. The van der Waals surface area contributed by atoms with Crippen LogP contribution in [0.15, 0.2) is 6.33 Å². The van der Waals surface area contributed by atoms with Crippen LogP contribution in [0, 0.1) is 5.41 Å². The van der Waals surface area contributed by atoms with Crippen LogP contribution < -0.4 is 0 Å². The summed E-state index contributed by atoms with van der Waals surface area (Å²) in [5.74, 6) is 1.25. The van der Waals surface area contributed by atoms with Gasteiger partial charge in [-0.2, -0.15) is 5.10 Å². The Bertz CT molecular complexity index is 336. The summed E-state index contributed by atoms with van der Waals surface area (Å²) in [5, 5.41) is 3.98. The first-order valence-electron chi connectivity index (χ1n) is 5.27. The number of carbonyl (C=O) groups is 1. The smallest absolute Gasteiger partial charge is 0.138 e. The SMILES string of the molecule is Cn1ncnc1CCCC(=O)C(C)(C)C. The monoisotopic (exact) mass is 209 g/mol. The largest absolute Gasteiger partial charge is 0.299 e. The van der Waals surface area contributed by atoms with Crippen molar-refractivity contribution in [3.63, 3.8) is 0 Å². The molecule has 15 heavy (non-hydrogen) atoms. The van der Waals surface area contributed by atoms with Crippen molar-refractivity contribution in [1.29, 1.82) is 0 Å². The zero-order valence-corrected chi connectivity index (χ0v) is 9.95. The van der Waals surface area contributed by atoms with E-state index in [0.29, 0.717) is 12.2 Å². The number of ketones is 1. The molecule has 4 nitrogen and oxygen atoms in total. The van der Waals surface area contributed by atoms with E-state index in [1.165, 1.54) is 0 Å². The molecule has 0 atom stereocenters. The molecule has 84 valence electrons. The van der Waals surface area contributed by atoms with Gasteiger partial charge in [-0.1, -0.05) is 20.8 Å². The van der Waals surface area contributed by atoms with Crippen molar-refractivity contribution in [2.75, 3.05) is 0 Å². The highest BCUT2D eigenvalue weighted by Gasteiger charge is 2.20. The Labute approximate surface area is 90.7 Å². The third kappa shape index (κ3) is 3.46. The van der Waals surface area contributed by atoms with Crippen LogP contribution in [0.2, 0.25) is 0 Å². The number of hydrogen-bond donors (Lipinski definition) is 0. The summed E-state index contributed by atoms with van der Waals surface area (Å²) in [6.07, 6.45) is 3.83. The Morgan fingerprint density at radius 1 is 1.47 bits per heavy atom. The summed E-state index contributed by atoms with van der Waals surface area (Å²) >= 11 is 0. The van der Waals surface area contributed by atoms with Crippen LogP contribution in [0.25, 0.3) is 0 Å². The molecule has 0 spiro atoms. The molecule has 0 fully saturated rings. The second-order valence-electron chi connectivity index (χ2n) is 4.83. The lowest BCUT2D eigenvalue weighted by molar-refractivity contribution is -0.126. The Hall–Kier alpha value is -1.19. The topological polar surface area (TPSA) is 47.8 Å². The molecule has 0 saturated carbocycles. The molecule has 1 heterocycles. The van der Waals surface area contributed by atoms with Gasteiger partial charge in [-0.3, -0.25) is 9.48 Å². The van der Waals surface area contributed by atoms with E-state index in [0.717, 1.165) is 18.7 Å². The highest BCUT2D eigenvalue weighted by atomic mass is 16.1. The first-order valence-corrected chi connectivity index (χ1v) is 5.27. The molecule has 0 N–H and O–H groups in total. The zero-order valence-electron chi connectivity index (χ0n) is 9.95. The molecule has 0 saturated heterocycles. The number of rotatable bonds is 4. The van der Waals surface area contributed by atoms with E-state index in [4.69, 9.17) is 0 Å². The zero-order chi connectivity index (χ0) is 11.5. The summed E-state index contributed by atoms with van der Waals surface area (Å²) in [4.78, 5) is 15.8. The predicted octanol–water partition coefficient (Wildman–Crippen LogP) is 1.75. The fraction of sp³-hybridized carbons (Fsp3) is 0.727. The van der Waals surface area contributed by atoms with Crippen LogP contribution in [-0.2, 0) is 18.3 Å². The van der Waals surface area contributed by atoms with Crippen LogP contribution in [0.3, 0.4) is 0 Å². The van der Waals surface area contributed by atoms with E-state index in [1.807, 2.05) is 27.8 Å². The highest BCUT2D eigenvalue weighted by molar-refractivity contribution is 5.83. The molecular weight excluding hydrogens is 190 g/mol. The maximum Gasteiger partial charge on any atom is 0.138 e. The lowest BCUT2D eigenvalue weighted by Crippen LogP contribution is -2.20. The van der Waals surface area contributed by atoms with E-state index >= 15 is 0 Å². The third-order valence-electron chi connectivity index (χ3n) is 2.45. The van der Waals surface area contributed by atoms with Gasteiger partial charge in [0.25, 0.3) is 0 Å². The maximum absolute atomic E-state index is 11.6. The number of aromatic nitrogens is 3. The molecule has 0 aromatic carbocycles. The maximum atomic E-state index is 11.6. The van der Waals surface area contributed by atoms with Gasteiger partial charge in [-0.25, -0.2) is 4.98 Å². The predicted molar refractivity (Wildman–Crippen MR) is 58.4 cm³/mol. The molecule has 0 aliphatic rings. The lowest BCUT2D eigenvalue weighted by Gasteiger charge is -2.15. The number of nitrogens with zero attached hydrogens (tertiary/aromatic N) is 3. The standard InChI is InChI=1S/C11H19N3O/c1-11(2,3)9(15)6-5-7-10-12-8-13-14(10)4/h8H,5-7H2,1-4H3. The van der Waals surface area contributed by atoms with Crippen molar-refractivity contribution < 1.29 is 4.79 Å². The fourth-order valence-electron chi connectivity index (χ4n) is 1.33. The molecule has 0 amide bonds. The van der Waals surface area contributed by atoms with E-state index in [-0.39, 0.29) is 5.41 Å². The molecule has 1 aromatic heterocycles. The average molecular weight is 209 g/mol. The second kappa shape index (κ2) is 4.55. The van der Waals surface area contributed by atoms with Crippen molar-refractivity contribution in [1.82, 2.24) is 14.8 Å². The molecule has 0 aliphatic heterocycles. The quantitative estimate of drug-likeness (QED) is 0.759. The summed E-state index contributed by atoms with van der Waals surface area (Å²) < 4.78 is 1.75. The molecule has 0 unspecified atom stereocenters. The first kappa shape index (κ1) is 11.9. The lowest BCUT2D eigenvalue weighted by atomic mass is 9.88. The molecule has 0 aliphatic carbocycles. The Balaban J connectivity index is 2.35. The van der Waals surface area contributed by atoms with Crippen LogP contribution in [-0.4, -0.2) is 20.5 Å². The summed E-state index contributed by atoms with van der Waals surface area (Å²) in [7, 11) is 1.87. The summed E-state index contributed by atoms with van der Waals surface area (Å²) in [6.45, 7) is 5.87.